The molecule has 0 saturated heterocycles. The van der Waals surface area contributed by atoms with Gasteiger partial charge in [0, 0.05) is 30.4 Å². The molecule has 2 aliphatic heterocycles. The second-order valence-corrected chi connectivity index (χ2v) is 11.3. The van der Waals surface area contributed by atoms with Crippen molar-refractivity contribution in [3.05, 3.63) is 70.0 Å². The second kappa shape index (κ2) is 8.41. The minimum Gasteiger partial charge on any atom is -0.384 e. The Balaban J connectivity index is 1.31. The molecule has 0 unspecified atom stereocenters. The lowest BCUT2D eigenvalue weighted by molar-refractivity contribution is -0.118. The van der Waals surface area contributed by atoms with Crippen molar-refractivity contribution in [3.63, 3.8) is 0 Å². The number of anilines is 2. The smallest absolute Gasteiger partial charge is 0.266 e. The zero-order valence-electron chi connectivity index (χ0n) is 17.7. The number of nitrogens with zero attached hydrogens (tertiary/aromatic N) is 2. The van der Waals surface area contributed by atoms with E-state index in [0.29, 0.717) is 22.5 Å². The van der Waals surface area contributed by atoms with Crippen LogP contribution < -0.4 is 10.2 Å². The van der Waals surface area contributed by atoms with E-state index in [1.165, 1.54) is 18.3 Å². The summed E-state index contributed by atoms with van der Waals surface area (Å²) in [6.07, 6.45) is 1.99. The molecule has 34 heavy (non-hydrogen) atoms. The SMILES string of the molecule is O=C(Cc1ccc(N2C(=O)Cc3c(ccc4c3CCN4)C2=O)nc1)CS(=O)(=O)c1ccc(F)s1. The topological polar surface area (TPSA) is 114 Å². The number of hydrogen-bond donors (Lipinski definition) is 1. The Labute approximate surface area is 198 Å². The zero-order valence-corrected chi connectivity index (χ0v) is 19.3. The highest BCUT2D eigenvalue weighted by Crippen LogP contribution is 2.33. The van der Waals surface area contributed by atoms with E-state index in [0.717, 1.165) is 46.8 Å². The quantitative estimate of drug-likeness (QED) is 0.519. The van der Waals surface area contributed by atoms with E-state index in [9.17, 15) is 27.2 Å². The average molecular weight is 500 g/mol. The second-order valence-electron chi connectivity index (χ2n) is 8.06. The number of benzene rings is 1. The summed E-state index contributed by atoms with van der Waals surface area (Å²) in [5.41, 5.74) is 3.61. The number of Topliss-reactive ketones (excluding diaryl/α,β-unsaturated/α-hetero) is 1. The summed E-state index contributed by atoms with van der Waals surface area (Å²) >= 11 is 0.471. The average Bonchev–Trinajstić information content (AvgIpc) is 3.44. The van der Waals surface area contributed by atoms with Gasteiger partial charge in [0.1, 0.15) is 15.8 Å². The fraction of sp³-hybridized carbons (Fsp3) is 0.217. The van der Waals surface area contributed by atoms with Crippen molar-refractivity contribution in [1.29, 1.82) is 0 Å². The van der Waals surface area contributed by atoms with Crippen molar-refractivity contribution in [3.8, 4) is 0 Å². The molecule has 4 heterocycles. The van der Waals surface area contributed by atoms with Crippen LogP contribution in [0.5, 0.6) is 0 Å². The Morgan fingerprint density at radius 1 is 1.12 bits per heavy atom. The summed E-state index contributed by atoms with van der Waals surface area (Å²) in [5.74, 6) is -2.04. The summed E-state index contributed by atoms with van der Waals surface area (Å²) in [6.45, 7) is 0.769. The molecule has 0 bridgehead atoms. The number of nitrogens with one attached hydrogen (secondary N) is 1. The van der Waals surface area contributed by atoms with Crippen molar-refractivity contribution in [1.82, 2.24) is 4.98 Å². The maximum absolute atomic E-state index is 13.1. The number of imide groups is 1. The fourth-order valence-corrected chi connectivity index (χ4v) is 6.58. The Morgan fingerprint density at radius 2 is 1.94 bits per heavy atom. The first-order chi connectivity index (χ1) is 16.2. The highest BCUT2D eigenvalue weighted by molar-refractivity contribution is 7.94. The highest BCUT2D eigenvalue weighted by atomic mass is 32.2. The molecule has 2 aliphatic rings. The summed E-state index contributed by atoms with van der Waals surface area (Å²) < 4.78 is 37.5. The Bertz CT molecular complexity index is 1450. The van der Waals surface area contributed by atoms with Crippen LogP contribution in [0.2, 0.25) is 0 Å². The number of carbonyl (C=O) groups is 3. The molecule has 0 atom stereocenters. The van der Waals surface area contributed by atoms with Crippen molar-refractivity contribution >= 4 is 50.3 Å². The largest absolute Gasteiger partial charge is 0.384 e. The van der Waals surface area contributed by atoms with Gasteiger partial charge >= 0.3 is 0 Å². The van der Waals surface area contributed by atoms with Gasteiger partial charge in [-0.05, 0) is 53.4 Å². The lowest BCUT2D eigenvalue weighted by Crippen LogP contribution is -2.43. The molecule has 11 heteroatoms. The molecule has 0 aliphatic carbocycles. The normalized spacial score (nSPS) is 15.1. The van der Waals surface area contributed by atoms with E-state index in [-0.39, 0.29) is 28.8 Å². The molecule has 0 fully saturated rings. The Hall–Kier alpha value is -3.44. The standard InChI is InChI=1S/C23H18FN3O5S2/c24-19-4-6-22(33-19)34(31,32)12-14(28)9-13-1-5-20(26-11-13)27-21(29)10-17-15-7-8-25-18(15)3-2-16(17)23(27)30/h1-6,11,25H,7-10,12H2. The van der Waals surface area contributed by atoms with Gasteiger partial charge in [-0.15, -0.1) is 0 Å². The molecular formula is C23H18FN3O5S2. The van der Waals surface area contributed by atoms with Crippen molar-refractivity contribution < 1.29 is 27.2 Å². The van der Waals surface area contributed by atoms with Crippen molar-refractivity contribution in [2.45, 2.75) is 23.5 Å². The number of carbonyl (C=O) groups excluding carboxylic acids is 3. The van der Waals surface area contributed by atoms with Gasteiger partial charge in [-0.3, -0.25) is 14.4 Å². The molecule has 3 aromatic rings. The predicted molar refractivity (Wildman–Crippen MR) is 123 cm³/mol. The summed E-state index contributed by atoms with van der Waals surface area (Å²) in [4.78, 5) is 43.4. The molecule has 8 nitrogen and oxygen atoms in total. The van der Waals surface area contributed by atoms with Crippen LogP contribution >= 0.6 is 11.3 Å². The lowest BCUT2D eigenvalue weighted by Gasteiger charge is -2.27. The fourth-order valence-electron chi connectivity index (χ4n) is 4.24. The van der Waals surface area contributed by atoms with Gasteiger partial charge in [0.2, 0.25) is 5.91 Å². The number of aromatic nitrogens is 1. The molecule has 0 radical (unpaired) electrons. The van der Waals surface area contributed by atoms with Gasteiger partial charge in [0.15, 0.2) is 20.8 Å². The number of hydrogen-bond acceptors (Lipinski definition) is 8. The minimum absolute atomic E-state index is 0.0923. The molecule has 1 N–H and O–H groups in total. The molecular weight excluding hydrogens is 481 g/mol. The number of thiophene rings is 1. The molecule has 0 saturated carbocycles. The van der Waals surface area contributed by atoms with Crippen LogP contribution in [0.15, 0.2) is 46.8 Å². The zero-order chi connectivity index (χ0) is 24.0. The van der Waals surface area contributed by atoms with Gasteiger partial charge in [0.25, 0.3) is 5.91 Å². The number of ketones is 1. The van der Waals surface area contributed by atoms with Crippen LogP contribution in [0.1, 0.15) is 27.0 Å². The van der Waals surface area contributed by atoms with E-state index in [1.807, 2.05) is 6.07 Å². The van der Waals surface area contributed by atoms with Gasteiger partial charge in [-0.25, -0.2) is 18.3 Å². The first kappa shape index (κ1) is 22.4. The van der Waals surface area contributed by atoms with Gasteiger partial charge < -0.3 is 5.32 Å². The van der Waals surface area contributed by atoms with Crippen LogP contribution in [0, 0.1) is 5.13 Å². The molecule has 2 amide bonds. The van der Waals surface area contributed by atoms with Crippen LogP contribution in [0.25, 0.3) is 0 Å². The maximum atomic E-state index is 13.1. The third-order valence-corrected chi connectivity index (χ3v) is 8.91. The summed E-state index contributed by atoms with van der Waals surface area (Å²) in [5, 5.41) is 2.60. The molecule has 2 aromatic heterocycles. The van der Waals surface area contributed by atoms with E-state index in [2.05, 4.69) is 10.3 Å². The van der Waals surface area contributed by atoms with E-state index < -0.39 is 32.4 Å². The highest BCUT2D eigenvalue weighted by Gasteiger charge is 2.35. The summed E-state index contributed by atoms with van der Waals surface area (Å²) in [7, 11) is -3.92. The first-order valence-electron chi connectivity index (χ1n) is 10.4. The number of fused-ring (bicyclic) bond motifs is 3. The van der Waals surface area contributed by atoms with Gasteiger partial charge in [-0.2, -0.15) is 4.39 Å². The van der Waals surface area contributed by atoms with Crippen LogP contribution in [0.3, 0.4) is 0 Å². The van der Waals surface area contributed by atoms with Gasteiger partial charge in [-0.1, -0.05) is 17.4 Å². The third-order valence-electron chi connectivity index (χ3n) is 5.78. The number of sulfone groups is 1. The van der Waals surface area contributed by atoms with Crippen LogP contribution in [-0.2, 0) is 38.7 Å². The lowest BCUT2D eigenvalue weighted by atomic mass is 9.92. The number of amides is 2. The van der Waals surface area contributed by atoms with Crippen LogP contribution in [-0.4, -0.2) is 43.3 Å². The van der Waals surface area contributed by atoms with E-state index in [4.69, 9.17) is 0 Å². The molecule has 5 rings (SSSR count). The Morgan fingerprint density at radius 3 is 2.65 bits per heavy atom. The molecule has 174 valence electrons. The van der Waals surface area contributed by atoms with Crippen molar-refractivity contribution in [2.24, 2.45) is 0 Å². The monoisotopic (exact) mass is 499 g/mol. The first-order valence-corrected chi connectivity index (χ1v) is 12.9. The van der Waals surface area contributed by atoms with E-state index in [1.54, 1.807) is 6.07 Å². The molecule has 1 aromatic carbocycles. The van der Waals surface area contributed by atoms with Crippen LogP contribution in [0.4, 0.5) is 15.9 Å². The Kier molecular flexibility index (Phi) is 5.53. The number of halogens is 1. The summed E-state index contributed by atoms with van der Waals surface area (Å²) in [6, 6.07) is 8.71. The molecule has 0 spiro atoms. The van der Waals surface area contributed by atoms with Crippen molar-refractivity contribution in [2.75, 3.05) is 22.5 Å². The maximum Gasteiger partial charge on any atom is 0.266 e. The third kappa shape index (κ3) is 4.01. The van der Waals surface area contributed by atoms with Gasteiger partial charge in [0.05, 0.1) is 6.42 Å². The predicted octanol–water partition coefficient (Wildman–Crippen LogP) is 2.57. The number of pyridine rings is 1. The number of rotatable bonds is 6. The minimum atomic E-state index is -3.92. The van der Waals surface area contributed by atoms with E-state index >= 15 is 0 Å².